The third kappa shape index (κ3) is 32.5. The van der Waals surface area contributed by atoms with Gasteiger partial charge in [0.25, 0.3) is 0 Å². The van der Waals surface area contributed by atoms with Crippen LogP contribution in [-0.2, 0) is 14.3 Å². The van der Waals surface area contributed by atoms with Gasteiger partial charge in [-0.05, 0) is 57.8 Å². The zero-order valence-corrected chi connectivity index (χ0v) is 39.2. The molecule has 0 saturated carbocycles. The molecule has 9 heteroatoms. The highest BCUT2D eigenvalue weighted by Gasteiger charge is 2.44. The van der Waals surface area contributed by atoms with Crippen LogP contribution in [0.3, 0.4) is 0 Å². The third-order valence-corrected chi connectivity index (χ3v) is 11.9. The molecular weight excluding hydrogens is 767 g/mol. The molecule has 1 saturated heterocycles. The topological polar surface area (TPSA) is 149 Å². The van der Waals surface area contributed by atoms with Crippen molar-refractivity contribution in [1.29, 1.82) is 0 Å². The Balaban J connectivity index is 2.33. The van der Waals surface area contributed by atoms with Crippen LogP contribution in [0.5, 0.6) is 0 Å². The lowest BCUT2D eigenvalue weighted by molar-refractivity contribution is -0.302. The summed E-state index contributed by atoms with van der Waals surface area (Å²) in [6.07, 6.45) is 47.2. The molecule has 7 unspecified atom stereocenters. The van der Waals surface area contributed by atoms with Gasteiger partial charge in [-0.1, -0.05) is 204 Å². The van der Waals surface area contributed by atoms with Crippen molar-refractivity contribution < 1.29 is 39.8 Å². The van der Waals surface area contributed by atoms with Gasteiger partial charge >= 0.3 is 0 Å². The summed E-state index contributed by atoms with van der Waals surface area (Å²) in [5, 5.41) is 54.3. The number of hydrogen-bond donors (Lipinski definition) is 6. The predicted molar refractivity (Wildman–Crippen MR) is 253 cm³/mol. The highest BCUT2D eigenvalue weighted by atomic mass is 16.7. The fraction of sp³-hybridized carbons (Fsp3) is 0.827. The largest absolute Gasteiger partial charge is 0.394 e. The van der Waals surface area contributed by atoms with Crippen molar-refractivity contribution in [1.82, 2.24) is 5.32 Å². The standard InChI is InChI=1S/C52H95NO8/c1-3-5-7-9-11-13-15-17-19-21-22-23-24-26-28-30-32-34-36-38-40-42-48(56)53-45(44-60-52-51(59)50(58)49(57)47(43-54)61-52)46(55)41-39-37-35-33-31-29-27-25-20-18-16-14-12-10-8-6-4-2/h15,17,21-22,24,26,39,41,45-47,49-52,54-55,57-59H,3-14,16,18-20,23,25,27-38,40,42-44H2,1-2H3,(H,53,56)/b17-15-,22-21-,26-24-,41-39+. The van der Waals surface area contributed by atoms with Crippen LogP contribution in [0.4, 0.5) is 0 Å². The van der Waals surface area contributed by atoms with Crippen molar-refractivity contribution in [3.8, 4) is 0 Å². The first-order chi connectivity index (χ1) is 29.8. The Morgan fingerprint density at radius 3 is 1.43 bits per heavy atom. The summed E-state index contributed by atoms with van der Waals surface area (Å²) in [5.74, 6) is -0.190. The molecule has 9 nitrogen and oxygen atoms in total. The molecule has 61 heavy (non-hydrogen) atoms. The van der Waals surface area contributed by atoms with Gasteiger partial charge in [-0.15, -0.1) is 0 Å². The molecule has 1 rings (SSSR count). The summed E-state index contributed by atoms with van der Waals surface area (Å²) in [7, 11) is 0. The first-order valence-corrected chi connectivity index (χ1v) is 25.4. The number of carbonyl (C=O) groups is 1. The van der Waals surface area contributed by atoms with Gasteiger partial charge in [0.2, 0.25) is 5.91 Å². The summed E-state index contributed by atoms with van der Waals surface area (Å²) >= 11 is 0. The number of aliphatic hydroxyl groups is 5. The molecular formula is C52H95NO8. The Labute approximate surface area is 373 Å². The molecule has 0 bridgehead atoms. The SMILES string of the molecule is CCCCCCC/C=C\C/C=C\C/C=C\CCCCCCCCC(=O)NC(COC1OC(CO)C(O)C(O)C1O)C(O)/C=C/CCCCCCCCCCCCCCCCC. The first-order valence-electron chi connectivity index (χ1n) is 25.4. The fourth-order valence-electron chi connectivity index (χ4n) is 7.81. The molecule has 6 N–H and O–H groups in total. The van der Waals surface area contributed by atoms with Crippen LogP contribution in [0.2, 0.25) is 0 Å². The summed E-state index contributed by atoms with van der Waals surface area (Å²) in [5.41, 5.74) is 0. The lowest BCUT2D eigenvalue weighted by Gasteiger charge is -2.40. The van der Waals surface area contributed by atoms with E-state index in [9.17, 15) is 30.3 Å². The maximum atomic E-state index is 13.0. The van der Waals surface area contributed by atoms with E-state index in [0.717, 1.165) is 64.2 Å². The molecule has 0 aliphatic carbocycles. The lowest BCUT2D eigenvalue weighted by atomic mass is 9.99. The molecule has 1 fully saturated rings. The maximum absolute atomic E-state index is 13.0. The van der Waals surface area contributed by atoms with E-state index in [1.54, 1.807) is 6.08 Å². The zero-order valence-electron chi connectivity index (χ0n) is 39.2. The number of rotatable bonds is 42. The second-order valence-electron chi connectivity index (χ2n) is 17.6. The van der Waals surface area contributed by atoms with E-state index in [-0.39, 0.29) is 12.5 Å². The first kappa shape index (κ1) is 57.2. The average molecular weight is 862 g/mol. The van der Waals surface area contributed by atoms with Gasteiger partial charge in [-0.25, -0.2) is 0 Å². The second-order valence-corrected chi connectivity index (χ2v) is 17.6. The molecule has 0 aromatic heterocycles. The van der Waals surface area contributed by atoms with Crippen molar-refractivity contribution in [3.05, 3.63) is 48.6 Å². The number of hydrogen-bond acceptors (Lipinski definition) is 8. The van der Waals surface area contributed by atoms with Crippen LogP contribution in [0, 0.1) is 0 Å². The minimum atomic E-state index is -1.57. The van der Waals surface area contributed by atoms with E-state index >= 15 is 0 Å². The minimum absolute atomic E-state index is 0.190. The molecule has 1 amide bonds. The highest BCUT2D eigenvalue weighted by Crippen LogP contribution is 2.23. The molecule has 7 atom stereocenters. The smallest absolute Gasteiger partial charge is 0.220 e. The van der Waals surface area contributed by atoms with Gasteiger partial charge in [0.1, 0.15) is 24.4 Å². The molecule has 1 heterocycles. The van der Waals surface area contributed by atoms with Crippen LogP contribution in [0.1, 0.15) is 219 Å². The van der Waals surface area contributed by atoms with E-state index in [2.05, 4.69) is 55.6 Å². The van der Waals surface area contributed by atoms with Gasteiger partial charge in [0, 0.05) is 6.42 Å². The van der Waals surface area contributed by atoms with Crippen molar-refractivity contribution in [3.63, 3.8) is 0 Å². The molecule has 0 aromatic carbocycles. The zero-order chi connectivity index (χ0) is 44.4. The third-order valence-electron chi connectivity index (χ3n) is 11.9. The van der Waals surface area contributed by atoms with Gasteiger partial charge < -0.3 is 40.3 Å². The van der Waals surface area contributed by atoms with Gasteiger partial charge in [-0.3, -0.25) is 4.79 Å². The van der Waals surface area contributed by atoms with E-state index in [1.165, 1.54) is 135 Å². The monoisotopic (exact) mass is 862 g/mol. The molecule has 1 aliphatic heterocycles. The van der Waals surface area contributed by atoms with Crippen molar-refractivity contribution >= 4 is 5.91 Å². The van der Waals surface area contributed by atoms with Crippen molar-refractivity contribution in [2.45, 2.75) is 262 Å². The van der Waals surface area contributed by atoms with Gasteiger partial charge in [-0.2, -0.15) is 0 Å². The quantitative estimate of drug-likeness (QED) is 0.0262. The van der Waals surface area contributed by atoms with Crippen molar-refractivity contribution in [2.75, 3.05) is 13.2 Å². The lowest BCUT2D eigenvalue weighted by Crippen LogP contribution is -2.60. The fourth-order valence-corrected chi connectivity index (χ4v) is 7.81. The van der Waals surface area contributed by atoms with E-state index < -0.39 is 49.5 Å². The number of amides is 1. The normalized spacial score (nSPS) is 20.8. The summed E-state index contributed by atoms with van der Waals surface area (Å²) in [4.78, 5) is 13.0. The number of allylic oxidation sites excluding steroid dienone is 7. The second kappa shape index (κ2) is 42.1. The average Bonchev–Trinajstić information content (AvgIpc) is 3.26. The molecule has 356 valence electrons. The van der Waals surface area contributed by atoms with Crippen LogP contribution in [0.15, 0.2) is 48.6 Å². The Kier molecular flexibility index (Phi) is 39.5. The van der Waals surface area contributed by atoms with Gasteiger partial charge in [0.05, 0.1) is 25.4 Å². The van der Waals surface area contributed by atoms with E-state index in [1.807, 2.05) is 6.08 Å². The number of ether oxygens (including phenoxy) is 2. The molecule has 0 radical (unpaired) electrons. The van der Waals surface area contributed by atoms with Crippen LogP contribution in [0.25, 0.3) is 0 Å². The van der Waals surface area contributed by atoms with E-state index in [0.29, 0.717) is 6.42 Å². The summed E-state index contributed by atoms with van der Waals surface area (Å²) in [6.45, 7) is 3.76. The Bertz CT molecular complexity index is 1090. The Morgan fingerprint density at radius 2 is 0.967 bits per heavy atom. The van der Waals surface area contributed by atoms with Crippen LogP contribution in [-0.4, -0.2) is 87.5 Å². The Morgan fingerprint density at radius 1 is 0.557 bits per heavy atom. The highest BCUT2D eigenvalue weighted by molar-refractivity contribution is 5.76. The molecule has 1 aliphatic rings. The summed E-state index contributed by atoms with van der Waals surface area (Å²) < 4.78 is 11.2. The number of nitrogens with one attached hydrogen (secondary N) is 1. The van der Waals surface area contributed by atoms with Crippen molar-refractivity contribution in [2.24, 2.45) is 0 Å². The maximum Gasteiger partial charge on any atom is 0.220 e. The molecule has 0 spiro atoms. The molecule has 0 aromatic rings. The van der Waals surface area contributed by atoms with Gasteiger partial charge in [0.15, 0.2) is 6.29 Å². The minimum Gasteiger partial charge on any atom is -0.394 e. The van der Waals surface area contributed by atoms with Crippen LogP contribution >= 0.6 is 0 Å². The number of aliphatic hydroxyl groups excluding tert-OH is 5. The summed E-state index contributed by atoms with van der Waals surface area (Å²) in [6, 6.07) is -0.813. The Hall–Kier alpha value is -1.85. The van der Waals surface area contributed by atoms with Crippen LogP contribution < -0.4 is 5.32 Å². The number of unbranched alkanes of at least 4 members (excludes halogenated alkanes) is 26. The number of carbonyl (C=O) groups excluding carboxylic acids is 1. The predicted octanol–water partition coefficient (Wildman–Crippen LogP) is 11.4. The van der Waals surface area contributed by atoms with E-state index in [4.69, 9.17) is 9.47 Å².